The van der Waals surface area contributed by atoms with Crippen LogP contribution >= 0.6 is 0 Å². The van der Waals surface area contributed by atoms with Gasteiger partial charge in [0.05, 0.1) is 11.0 Å². The molecule has 0 aliphatic carbocycles. The predicted molar refractivity (Wildman–Crippen MR) is 72.0 cm³/mol. The summed E-state index contributed by atoms with van der Waals surface area (Å²) in [5.74, 6) is 0.255. The molecule has 0 bridgehead atoms. The predicted octanol–water partition coefficient (Wildman–Crippen LogP) is 0.882. The number of sulfone groups is 1. The van der Waals surface area contributed by atoms with Gasteiger partial charge < -0.3 is 10.2 Å². The van der Waals surface area contributed by atoms with Crippen LogP contribution in [0.1, 0.15) is 33.6 Å². The summed E-state index contributed by atoms with van der Waals surface area (Å²) >= 11 is 0. The molecule has 2 atom stereocenters. The third-order valence-corrected chi connectivity index (χ3v) is 5.96. The van der Waals surface area contributed by atoms with Gasteiger partial charge in [-0.3, -0.25) is 0 Å². The molecule has 0 amide bonds. The van der Waals surface area contributed by atoms with E-state index >= 15 is 0 Å². The second-order valence-electron chi connectivity index (χ2n) is 5.42. The van der Waals surface area contributed by atoms with Crippen molar-refractivity contribution in [3.63, 3.8) is 0 Å². The minimum absolute atomic E-state index is 0.255. The van der Waals surface area contributed by atoms with E-state index in [2.05, 4.69) is 24.2 Å². The summed E-state index contributed by atoms with van der Waals surface area (Å²) in [6, 6.07) is 1.06. The average molecular weight is 262 g/mol. The number of rotatable bonds is 5. The molecule has 1 aliphatic heterocycles. The van der Waals surface area contributed by atoms with Crippen LogP contribution < -0.4 is 5.32 Å². The van der Waals surface area contributed by atoms with Crippen molar-refractivity contribution in [3.05, 3.63) is 0 Å². The summed E-state index contributed by atoms with van der Waals surface area (Å²) in [6.07, 6.45) is 2.22. The molecule has 17 heavy (non-hydrogen) atoms. The molecular weight excluding hydrogens is 236 g/mol. The maximum Gasteiger partial charge on any atom is 0.153 e. The summed E-state index contributed by atoms with van der Waals surface area (Å²) in [6.45, 7) is 7.38. The lowest BCUT2D eigenvalue weighted by atomic mass is 9.99. The first-order chi connectivity index (χ1) is 7.83. The van der Waals surface area contributed by atoms with Gasteiger partial charge >= 0.3 is 0 Å². The molecule has 102 valence electrons. The topological polar surface area (TPSA) is 49.4 Å². The van der Waals surface area contributed by atoms with E-state index in [-0.39, 0.29) is 11.0 Å². The van der Waals surface area contributed by atoms with E-state index < -0.39 is 9.84 Å². The van der Waals surface area contributed by atoms with Crippen LogP contribution in [0, 0.1) is 0 Å². The van der Waals surface area contributed by atoms with E-state index in [1.165, 1.54) is 0 Å². The van der Waals surface area contributed by atoms with Crippen molar-refractivity contribution < 1.29 is 8.42 Å². The molecule has 0 saturated carbocycles. The van der Waals surface area contributed by atoms with Crippen LogP contribution in [0.4, 0.5) is 0 Å². The van der Waals surface area contributed by atoms with Crippen LogP contribution in [-0.4, -0.2) is 56.5 Å². The Morgan fingerprint density at radius 3 is 2.59 bits per heavy atom. The zero-order valence-electron chi connectivity index (χ0n) is 11.4. The Morgan fingerprint density at radius 2 is 2.06 bits per heavy atom. The molecule has 0 aromatic carbocycles. The zero-order chi connectivity index (χ0) is 13.1. The molecule has 1 rings (SSSR count). The fraction of sp³-hybridized carbons (Fsp3) is 1.00. The molecule has 5 heteroatoms. The Bertz CT molecular complexity index is 327. The normalized spacial score (nSPS) is 27.6. The van der Waals surface area contributed by atoms with E-state index in [4.69, 9.17) is 0 Å². The third-order valence-electron chi connectivity index (χ3n) is 3.75. The number of nitrogens with one attached hydrogen (secondary N) is 1. The average Bonchev–Trinajstić information content (AvgIpc) is 2.23. The first-order valence-electron chi connectivity index (χ1n) is 6.48. The molecule has 1 fully saturated rings. The molecule has 0 radical (unpaired) electrons. The van der Waals surface area contributed by atoms with Crippen molar-refractivity contribution in [2.75, 3.05) is 25.9 Å². The minimum Gasteiger partial charge on any atom is -0.313 e. The van der Waals surface area contributed by atoms with Crippen LogP contribution in [0.2, 0.25) is 0 Å². The van der Waals surface area contributed by atoms with Crippen molar-refractivity contribution in [2.45, 2.75) is 50.9 Å². The molecule has 0 aromatic heterocycles. The largest absolute Gasteiger partial charge is 0.313 e. The highest BCUT2D eigenvalue weighted by Gasteiger charge is 2.23. The van der Waals surface area contributed by atoms with E-state index in [9.17, 15) is 8.42 Å². The Balaban J connectivity index is 2.28. The summed E-state index contributed by atoms with van der Waals surface area (Å²) in [4.78, 5) is 2.35. The van der Waals surface area contributed by atoms with Crippen molar-refractivity contribution in [3.8, 4) is 0 Å². The Labute approximate surface area is 106 Å². The van der Waals surface area contributed by atoms with Crippen molar-refractivity contribution >= 4 is 9.84 Å². The highest BCUT2D eigenvalue weighted by molar-refractivity contribution is 7.92. The van der Waals surface area contributed by atoms with E-state index in [0.717, 1.165) is 19.4 Å². The maximum absolute atomic E-state index is 11.6. The van der Waals surface area contributed by atoms with Crippen LogP contribution in [0.3, 0.4) is 0 Å². The van der Waals surface area contributed by atoms with Gasteiger partial charge in [0.2, 0.25) is 0 Å². The molecule has 1 heterocycles. The lowest BCUT2D eigenvalue weighted by molar-refractivity contribution is 0.170. The Hall–Kier alpha value is -0.130. The van der Waals surface area contributed by atoms with E-state index in [1.54, 1.807) is 13.8 Å². The molecule has 4 nitrogen and oxygen atoms in total. The summed E-state index contributed by atoms with van der Waals surface area (Å²) in [7, 11) is -0.753. The van der Waals surface area contributed by atoms with Crippen LogP contribution in [0.15, 0.2) is 0 Å². The van der Waals surface area contributed by atoms with Crippen LogP contribution in [-0.2, 0) is 9.84 Å². The second kappa shape index (κ2) is 6.16. The van der Waals surface area contributed by atoms with E-state index in [0.29, 0.717) is 18.6 Å². The van der Waals surface area contributed by atoms with Gasteiger partial charge in [0.15, 0.2) is 9.84 Å². The first kappa shape index (κ1) is 14.9. The van der Waals surface area contributed by atoms with Crippen LogP contribution in [0.25, 0.3) is 0 Å². The number of piperidine rings is 1. The Morgan fingerprint density at radius 1 is 1.41 bits per heavy atom. The molecule has 0 spiro atoms. The first-order valence-corrected chi connectivity index (χ1v) is 8.19. The van der Waals surface area contributed by atoms with Gasteiger partial charge in [-0.05, 0) is 47.2 Å². The maximum atomic E-state index is 11.6. The highest BCUT2D eigenvalue weighted by Crippen LogP contribution is 2.15. The highest BCUT2D eigenvalue weighted by atomic mass is 32.2. The summed E-state index contributed by atoms with van der Waals surface area (Å²) < 4.78 is 23.3. The minimum atomic E-state index is -2.90. The standard InChI is InChI=1S/C12H26N2O2S/c1-10(2)17(15,16)8-6-13-12-5-7-14(4)11(3)9-12/h10-13H,5-9H2,1-4H3. The molecular formula is C12H26N2O2S. The van der Waals surface area contributed by atoms with Gasteiger partial charge in [-0.2, -0.15) is 0 Å². The molecule has 1 aliphatic rings. The van der Waals surface area contributed by atoms with Gasteiger partial charge in [-0.1, -0.05) is 0 Å². The zero-order valence-corrected chi connectivity index (χ0v) is 12.3. The molecule has 1 N–H and O–H groups in total. The SMILES string of the molecule is CC1CC(NCCS(=O)(=O)C(C)C)CCN1C. The molecule has 1 saturated heterocycles. The van der Waals surface area contributed by atoms with Crippen molar-refractivity contribution in [2.24, 2.45) is 0 Å². The molecule has 0 aromatic rings. The van der Waals surface area contributed by atoms with E-state index in [1.807, 2.05) is 0 Å². The van der Waals surface area contributed by atoms with Crippen LogP contribution in [0.5, 0.6) is 0 Å². The third kappa shape index (κ3) is 4.56. The lowest BCUT2D eigenvalue weighted by Gasteiger charge is -2.35. The second-order valence-corrected chi connectivity index (χ2v) is 8.10. The Kier molecular flexibility index (Phi) is 5.41. The quantitative estimate of drug-likeness (QED) is 0.799. The fourth-order valence-electron chi connectivity index (χ4n) is 2.12. The van der Waals surface area contributed by atoms with Gasteiger partial charge in [-0.25, -0.2) is 8.42 Å². The van der Waals surface area contributed by atoms with Gasteiger partial charge in [0, 0.05) is 18.6 Å². The lowest BCUT2D eigenvalue weighted by Crippen LogP contribution is -2.46. The summed E-state index contributed by atoms with van der Waals surface area (Å²) in [5, 5.41) is 3.11. The van der Waals surface area contributed by atoms with Gasteiger partial charge in [0.1, 0.15) is 0 Å². The summed E-state index contributed by atoms with van der Waals surface area (Å²) in [5.41, 5.74) is 0. The smallest absolute Gasteiger partial charge is 0.153 e. The number of hydrogen-bond acceptors (Lipinski definition) is 4. The molecule has 2 unspecified atom stereocenters. The number of nitrogens with zero attached hydrogens (tertiary/aromatic N) is 1. The number of likely N-dealkylation sites (tertiary alicyclic amines) is 1. The monoisotopic (exact) mass is 262 g/mol. The van der Waals surface area contributed by atoms with Gasteiger partial charge in [0.25, 0.3) is 0 Å². The number of hydrogen-bond donors (Lipinski definition) is 1. The van der Waals surface area contributed by atoms with Crippen molar-refractivity contribution in [1.29, 1.82) is 0 Å². The fourth-order valence-corrected chi connectivity index (χ4v) is 2.99. The van der Waals surface area contributed by atoms with Gasteiger partial charge in [-0.15, -0.1) is 0 Å². The van der Waals surface area contributed by atoms with Crippen molar-refractivity contribution in [1.82, 2.24) is 10.2 Å².